The highest BCUT2D eigenvalue weighted by atomic mass is 32.1. The lowest BCUT2D eigenvalue weighted by molar-refractivity contribution is -0.116. The minimum Gasteiger partial charge on any atom is -0.465 e. The highest BCUT2D eigenvalue weighted by Crippen LogP contribution is 2.40. The molecular weight excluding hydrogens is 314 g/mol. The summed E-state index contributed by atoms with van der Waals surface area (Å²) in [6.45, 7) is 2.37. The maximum atomic E-state index is 12.2. The molecule has 1 unspecified atom stereocenters. The molecule has 122 valence electrons. The number of amides is 1. The SMILES string of the molecule is COC(=O)c1c(NC(=O)Cn2ccnc2)sc2c1CCC(C)C2. The van der Waals surface area contributed by atoms with Crippen LogP contribution >= 0.6 is 11.3 Å². The van der Waals surface area contributed by atoms with Crippen LogP contribution in [-0.4, -0.2) is 28.5 Å². The van der Waals surface area contributed by atoms with Gasteiger partial charge in [0.2, 0.25) is 5.91 Å². The van der Waals surface area contributed by atoms with Crippen LogP contribution in [0.15, 0.2) is 18.7 Å². The van der Waals surface area contributed by atoms with Gasteiger partial charge < -0.3 is 14.6 Å². The minimum atomic E-state index is -0.380. The molecule has 0 saturated heterocycles. The Morgan fingerprint density at radius 3 is 3.04 bits per heavy atom. The largest absolute Gasteiger partial charge is 0.465 e. The Balaban J connectivity index is 1.85. The number of fused-ring (bicyclic) bond motifs is 1. The summed E-state index contributed by atoms with van der Waals surface area (Å²) >= 11 is 1.49. The van der Waals surface area contributed by atoms with Gasteiger partial charge in [-0.25, -0.2) is 9.78 Å². The van der Waals surface area contributed by atoms with Gasteiger partial charge in [-0.2, -0.15) is 0 Å². The number of ether oxygens (including phenoxy) is 1. The normalized spacial score (nSPS) is 16.7. The number of rotatable bonds is 4. The van der Waals surface area contributed by atoms with E-state index in [1.54, 1.807) is 23.3 Å². The van der Waals surface area contributed by atoms with Gasteiger partial charge in [0.15, 0.2) is 0 Å². The van der Waals surface area contributed by atoms with Gasteiger partial charge >= 0.3 is 5.97 Å². The number of methoxy groups -OCH3 is 1. The second-order valence-corrected chi connectivity index (χ2v) is 6.94. The number of imidazole rings is 1. The van der Waals surface area contributed by atoms with E-state index in [-0.39, 0.29) is 18.4 Å². The summed E-state index contributed by atoms with van der Waals surface area (Å²) in [5.41, 5.74) is 1.57. The smallest absolute Gasteiger partial charge is 0.341 e. The Morgan fingerprint density at radius 1 is 1.52 bits per heavy atom. The van der Waals surface area contributed by atoms with E-state index in [0.29, 0.717) is 16.5 Å². The van der Waals surface area contributed by atoms with E-state index < -0.39 is 0 Å². The summed E-state index contributed by atoms with van der Waals surface area (Å²) in [5, 5.41) is 3.46. The summed E-state index contributed by atoms with van der Waals surface area (Å²) in [6.07, 6.45) is 7.79. The summed E-state index contributed by atoms with van der Waals surface area (Å²) < 4.78 is 6.60. The fourth-order valence-electron chi connectivity index (χ4n) is 2.87. The maximum absolute atomic E-state index is 12.2. The molecule has 1 aliphatic rings. The van der Waals surface area contributed by atoms with Crippen LogP contribution in [-0.2, 0) is 28.9 Å². The van der Waals surface area contributed by atoms with Crippen LogP contribution in [0, 0.1) is 5.92 Å². The zero-order valence-electron chi connectivity index (χ0n) is 13.2. The van der Waals surface area contributed by atoms with E-state index in [2.05, 4.69) is 17.2 Å². The van der Waals surface area contributed by atoms with Crippen LogP contribution in [0.5, 0.6) is 0 Å². The molecule has 2 aromatic rings. The molecule has 6 nitrogen and oxygen atoms in total. The quantitative estimate of drug-likeness (QED) is 0.873. The van der Waals surface area contributed by atoms with Gasteiger partial charge in [-0.05, 0) is 30.7 Å². The van der Waals surface area contributed by atoms with E-state index in [9.17, 15) is 9.59 Å². The number of carbonyl (C=O) groups is 2. The van der Waals surface area contributed by atoms with E-state index in [1.807, 2.05) is 0 Å². The molecule has 7 heteroatoms. The predicted molar refractivity (Wildman–Crippen MR) is 87.7 cm³/mol. The molecule has 0 radical (unpaired) electrons. The summed E-state index contributed by atoms with van der Waals surface area (Å²) in [7, 11) is 1.37. The summed E-state index contributed by atoms with van der Waals surface area (Å²) in [6, 6.07) is 0. The molecule has 0 saturated carbocycles. The Labute approximate surface area is 138 Å². The van der Waals surface area contributed by atoms with Crippen molar-refractivity contribution in [3.05, 3.63) is 34.7 Å². The molecule has 2 aromatic heterocycles. The van der Waals surface area contributed by atoms with Gasteiger partial charge in [-0.1, -0.05) is 6.92 Å². The number of hydrogen-bond donors (Lipinski definition) is 1. The highest BCUT2D eigenvalue weighted by molar-refractivity contribution is 7.17. The Morgan fingerprint density at radius 2 is 2.35 bits per heavy atom. The fourth-order valence-corrected chi connectivity index (χ4v) is 4.28. The Kier molecular flexibility index (Phi) is 4.47. The monoisotopic (exact) mass is 333 g/mol. The van der Waals surface area contributed by atoms with Crippen LogP contribution in [0.4, 0.5) is 5.00 Å². The van der Waals surface area contributed by atoms with Crippen LogP contribution in [0.1, 0.15) is 34.1 Å². The lowest BCUT2D eigenvalue weighted by Crippen LogP contribution is -2.19. The van der Waals surface area contributed by atoms with Crippen molar-refractivity contribution in [1.29, 1.82) is 0 Å². The van der Waals surface area contributed by atoms with Gasteiger partial charge in [0, 0.05) is 17.3 Å². The number of carbonyl (C=O) groups excluding carboxylic acids is 2. The second-order valence-electron chi connectivity index (χ2n) is 5.83. The van der Waals surface area contributed by atoms with Crippen molar-refractivity contribution in [2.24, 2.45) is 5.92 Å². The fraction of sp³-hybridized carbons (Fsp3) is 0.438. The summed E-state index contributed by atoms with van der Waals surface area (Å²) in [5.74, 6) is 0.0379. The van der Waals surface area contributed by atoms with Crippen molar-refractivity contribution in [1.82, 2.24) is 9.55 Å². The lowest BCUT2D eigenvalue weighted by atomic mass is 9.88. The van der Waals surface area contributed by atoms with Crippen LogP contribution in [0.2, 0.25) is 0 Å². The van der Waals surface area contributed by atoms with E-state index in [1.165, 1.54) is 23.3 Å². The van der Waals surface area contributed by atoms with E-state index in [0.717, 1.165) is 24.8 Å². The summed E-state index contributed by atoms with van der Waals surface area (Å²) in [4.78, 5) is 29.5. The molecule has 1 N–H and O–H groups in total. The molecule has 0 bridgehead atoms. The Bertz CT molecular complexity index is 721. The average molecular weight is 333 g/mol. The van der Waals surface area contributed by atoms with Crippen molar-refractivity contribution < 1.29 is 14.3 Å². The number of nitrogens with zero attached hydrogens (tertiary/aromatic N) is 2. The molecule has 0 aliphatic heterocycles. The number of aromatic nitrogens is 2. The number of esters is 1. The Hall–Kier alpha value is -2.15. The highest BCUT2D eigenvalue weighted by Gasteiger charge is 2.28. The zero-order valence-corrected chi connectivity index (χ0v) is 14.0. The first-order valence-corrected chi connectivity index (χ1v) is 8.38. The van der Waals surface area contributed by atoms with Crippen molar-refractivity contribution in [3.8, 4) is 0 Å². The van der Waals surface area contributed by atoms with Crippen molar-refractivity contribution >= 4 is 28.2 Å². The number of nitrogens with one attached hydrogen (secondary N) is 1. The third-order valence-corrected chi connectivity index (χ3v) is 5.21. The molecule has 1 amide bonds. The third-order valence-electron chi connectivity index (χ3n) is 4.04. The topological polar surface area (TPSA) is 73.2 Å². The van der Waals surface area contributed by atoms with Gasteiger partial charge in [0.25, 0.3) is 0 Å². The number of thiophene rings is 1. The molecule has 1 atom stereocenters. The van der Waals surface area contributed by atoms with Crippen molar-refractivity contribution in [2.75, 3.05) is 12.4 Å². The first kappa shape index (κ1) is 15.7. The predicted octanol–water partition coefficient (Wildman–Crippen LogP) is 2.49. The average Bonchev–Trinajstić information content (AvgIpc) is 3.13. The molecule has 1 aliphatic carbocycles. The van der Waals surface area contributed by atoms with Crippen LogP contribution < -0.4 is 5.32 Å². The molecule has 0 spiro atoms. The van der Waals surface area contributed by atoms with Crippen molar-refractivity contribution in [2.45, 2.75) is 32.7 Å². The van der Waals surface area contributed by atoms with Gasteiger partial charge in [-0.15, -0.1) is 11.3 Å². The van der Waals surface area contributed by atoms with Crippen molar-refractivity contribution in [3.63, 3.8) is 0 Å². The standard InChI is InChI=1S/C16H19N3O3S/c1-10-3-4-11-12(7-10)23-15(14(11)16(21)22-2)18-13(20)8-19-6-5-17-9-19/h5-6,9-10H,3-4,7-8H2,1-2H3,(H,18,20). The van der Waals surface area contributed by atoms with Gasteiger partial charge in [0.05, 0.1) is 19.0 Å². The van der Waals surface area contributed by atoms with Gasteiger partial charge in [0.1, 0.15) is 11.5 Å². The molecular formula is C16H19N3O3S. The number of anilines is 1. The van der Waals surface area contributed by atoms with Crippen LogP contribution in [0.3, 0.4) is 0 Å². The molecule has 3 rings (SSSR count). The molecule has 0 aromatic carbocycles. The van der Waals surface area contributed by atoms with E-state index in [4.69, 9.17) is 4.74 Å². The van der Waals surface area contributed by atoms with Crippen LogP contribution in [0.25, 0.3) is 0 Å². The molecule has 23 heavy (non-hydrogen) atoms. The maximum Gasteiger partial charge on any atom is 0.341 e. The second kappa shape index (κ2) is 6.54. The molecule has 0 fully saturated rings. The lowest BCUT2D eigenvalue weighted by Gasteiger charge is -2.18. The van der Waals surface area contributed by atoms with E-state index >= 15 is 0 Å². The van der Waals surface area contributed by atoms with Gasteiger partial charge in [-0.3, -0.25) is 4.79 Å². The minimum absolute atomic E-state index is 0.166. The zero-order chi connectivity index (χ0) is 16.4. The number of hydrogen-bond acceptors (Lipinski definition) is 5. The molecule has 2 heterocycles. The first-order valence-electron chi connectivity index (χ1n) is 7.57. The third kappa shape index (κ3) is 3.29. The first-order chi connectivity index (χ1) is 11.1.